The van der Waals surface area contributed by atoms with Gasteiger partial charge < -0.3 is 5.32 Å². The van der Waals surface area contributed by atoms with Crippen LogP contribution in [0, 0.1) is 5.92 Å². The van der Waals surface area contributed by atoms with E-state index in [-0.39, 0.29) is 0 Å². The summed E-state index contributed by atoms with van der Waals surface area (Å²) < 4.78 is 25.6. The SMILES string of the molecule is CCC1CCCNC1CN1CCCCS1(=O)=O. The second-order valence-corrected chi connectivity index (χ2v) is 7.34. The predicted octanol–water partition coefficient (Wildman–Crippen LogP) is 1.19. The van der Waals surface area contributed by atoms with Crippen LogP contribution in [0.1, 0.15) is 39.0 Å². The lowest BCUT2D eigenvalue weighted by atomic mass is 9.88. The van der Waals surface area contributed by atoms with E-state index in [0.29, 0.717) is 24.3 Å². The maximum absolute atomic E-state index is 11.9. The van der Waals surface area contributed by atoms with Gasteiger partial charge >= 0.3 is 0 Å². The molecule has 0 spiro atoms. The fraction of sp³-hybridized carbons (Fsp3) is 1.00. The van der Waals surface area contributed by atoms with Crippen LogP contribution >= 0.6 is 0 Å². The Labute approximate surface area is 105 Å². The van der Waals surface area contributed by atoms with E-state index >= 15 is 0 Å². The van der Waals surface area contributed by atoms with Crippen molar-refractivity contribution in [3.8, 4) is 0 Å². The fourth-order valence-corrected chi connectivity index (χ4v) is 4.61. The number of rotatable bonds is 3. The van der Waals surface area contributed by atoms with E-state index in [1.54, 1.807) is 4.31 Å². The molecule has 5 heteroatoms. The zero-order valence-corrected chi connectivity index (χ0v) is 11.5. The fourth-order valence-electron chi connectivity index (χ4n) is 2.99. The Morgan fingerprint density at radius 3 is 2.82 bits per heavy atom. The lowest BCUT2D eigenvalue weighted by Gasteiger charge is -2.36. The molecule has 0 saturated carbocycles. The van der Waals surface area contributed by atoms with Crippen LogP contribution < -0.4 is 5.32 Å². The van der Waals surface area contributed by atoms with Gasteiger partial charge in [-0.2, -0.15) is 0 Å². The molecule has 2 aliphatic rings. The monoisotopic (exact) mass is 260 g/mol. The van der Waals surface area contributed by atoms with Gasteiger partial charge in [0.05, 0.1) is 5.75 Å². The molecular weight excluding hydrogens is 236 g/mol. The third-order valence-electron chi connectivity index (χ3n) is 4.11. The van der Waals surface area contributed by atoms with E-state index in [9.17, 15) is 8.42 Å². The molecule has 0 amide bonds. The summed E-state index contributed by atoms with van der Waals surface area (Å²) in [5.41, 5.74) is 0. The van der Waals surface area contributed by atoms with E-state index in [1.807, 2.05) is 0 Å². The highest BCUT2D eigenvalue weighted by atomic mass is 32.2. The molecule has 2 saturated heterocycles. The summed E-state index contributed by atoms with van der Waals surface area (Å²) in [5.74, 6) is 0.983. The average molecular weight is 260 g/mol. The number of piperidine rings is 1. The average Bonchev–Trinajstić information content (AvgIpc) is 2.32. The van der Waals surface area contributed by atoms with E-state index in [4.69, 9.17) is 0 Å². The summed E-state index contributed by atoms with van der Waals surface area (Å²) in [6, 6.07) is 0.363. The Balaban J connectivity index is 1.98. The molecule has 1 N–H and O–H groups in total. The van der Waals surface area contributed by atoms with E-state index in [0.717, 1.165) is 32.4 Å². The van der Waals surface area contributed by atoms with Gasteiger partial charge in [-0.3, -0.25) is 0 Å². The van der Waals surface area contributed by atoms with Gasteiger partial charge in [0.25, 0.3) is 0 Å². The van der Waals surface area contributed by atoms with E-state index < -0.39 is 10.0 Å². The van der Waals surface area contributed by atoms with Crippen LogP contribution in [-0.4, -0.2) is 44.2 Å². The quantitative estimate of drug-likeness (QED) is 0.829. The van der Waals surface area contributed by atoms with Gasteiger partial charge in [0.1, 0.15) is 0 Å². The Morgan fingerprint density at radius 2 is 2.12 bits per heavy atom. The third kappa shape index (κ3) is 3.20. The van der Waals surface area contributed by atoms with Crippen molar-refractivity contribution < 1.29 is 8.42 Å². The maximum atomic E-state index is 11.9. The first-order chi connectivity index (χ1) is 8.13. The van der Waals surface area contributed by atoms with Crippen LogP contribution in [0.3, 0.4) is 0 Å². The molecule has 0 bridgehead atoms. The number of nitrogens with one attached hydrogen (secondary N) is 1. The number of sulfonamides is 1. The lowest BCUT2D eigenvalue weighted by Crippen LogP contribution is -2.51. The van der Waals surface area contributed by atoms with Crippen LogP contribution in [0.4, 0.5) is 0 Å². The molecule has 0 radical (unpaired) electrons. The third-order valence-corrected chi connectivity index (χ3v) is 6.03. The smallest absolute Gasteiger partial charge is 0.214 e. The Morgan fingerprint density at radius 1 is 1.29 bits per heavy atom. The Bertz CT molecular complexity index is 342. The van der Waals surface area contributed by atoms with Gasteiger partial charge in [-0.05, 0) is 38.1 Å². The molecule has 2 atom stereocenters. The molecule has 0 aliphatic carbocycles. The van der Waals surface area contributed by atoms with Crippen molar-refractivity contribution in [2.45, 2.75) is 45.1 Å². The van der Waals surface area contributed by atoms with Gasteiger partial charge in [0.15, 0.2) is 0 Å². The molecule has 2 fully saturated rings. The molecule has 0 aromatic rings. The summed E-state index contributed by atoms with van der Waals surface area (Å²) in [6.45, 7) is 4.64. The summed E-state index contributed by atoms with van der Waals surface area (Å²) in [6.07, 6.45) is 5.45. The van der Waals surface area contributed by atoms with Crippen LogP contribution in [0.25, 0.3) is 0 Å². The van der Waals surface area contributed by atoms with Crippen molar-refractivity contribution in [3.63, 3.8) is 0 Å². The molecule has 100 valence electrons. The van der Waals surface area contributed by atoms with Crippen LogP contribution in [0.2, 0.25) is 0 Å². The van der Waals surface area contributed by atoms with Crippen LogP contribution in [0.15, 0.2) is 0 Å². The maximum Gasteiger partial charge on any atom is 0.214 e. The molecule has 2 heterocycles. The van der Waals surface area contributed by atoms with Gasteiger partial charge in [-0.25, -0.2) is 12.7 Å². The van der Waals surface area contributed by atoms with Crippen molar-refractivity contribution in [3.05, 3.63) is 0 Å². The second-order valence-electron chi connectivity index (χ2n) is 5.25. The molecule has 4 nitrogen and oxygen atoms in total. The van der Waals surface area contributed by atoms with Crippen molar-refractivity contribution in [2.24, 2.45) is 5.92 Å². The highest BCUT2D eigenvalue weighted by Gasteiger charge is 2.31. The summed E-state index contributed by atoms with van der Waals surface area (Å²) in [7, 11) is -2.96. The van der Waals surface area contributed by atoms with Gasteiger partial charge in [-0.1, -0.05) is 13.3 Å². The van der Waals surface area contributed by atoms with Crippen molar-refractivity contribution >= 4 is 10.0 Å². The standard InChI is InChI=1S/C12H24N2O2S/c1-2-11-6-5-7-13-12(11)10-14-8-3-4-9-17(14,15)16/h11-13H,2-10H2,1H3. The molecule has 2 rings (SSSR count). The number of nitrogens with zero attached hydrogens (tertiary/aromatic N) is 1. The lowest BCUT2D eigenvalue weighted by molar-refractivity contribution is 0.227. The first-order valence-electron chi connectivity index (χ1n) is 6.84. The summed E-state index contributed by atoms with van der Waals surface area (Å²) in [4.78, 5) is 0. The topological polar surface area (TPSA) is 49.4 Å². The molecule has 0 aromatic carbocycles. The van der Waals surface area contributed by atoms with E-state index in [2.05, 4.69) is 12.2 Å². The molecule has 17 heavy (non-hydrogen) atoms. The van der Waals surface area contributed by atoms with Crippen LogP contribution in [-0.2, 0) is 10.0 Å². The largest absolute Gasteiger partial charge is 0.312 e. The highest BCUT2D eigenvalue weighted by Crippen LogP contribution is 2.23. The molecule has 2 aliphatic heterocycles. The molecular formula is C12H24N2O2S. The molecule has 0 aromatic heterocycles. The van der Waals surface area contributed by atoms with Crippen molar-refractivity contribution in [1.82, 2.24) is 9.62 Å². The number of hydrogen-bond acceptors (Lipinski definition) is 3. The first kappa shape index (κ1) is 13.3. The molecule has 2 unspecified atom stereocenters. The Hall–Kier alpha value is -0.130. The van der Waals surface area contributed by atoms with Crippen LogP contribution in [0.5, 0.6) is 0 Å². The second kappa shape index (κ2) is 5.67. The first-order valence-corrected chi connectivity index (χ1v) is 8.45. The normalized spacial score (nSPS) is 34.6. The summed E-state index contributed by atoms with van der Waals surface area (Å²) >= 11 is 0. The van der Waals surface area contributed by atoms with E-state index in [1.165, 1.54) is 12.8 Å². The highest BCUT2D eigenvalue weighted by molar-refractivity contribution is 7.89. The van der Waals surface area contributed by atoms with Gasteiger partial charge in [0, 0.05) is 19.1 Å². The minimum Gasteiger partial charge on any atom is -0.312 e. The minimum atomic E-state index is -2.96. The predicted molar refractivity (Wildman–Crippen MR) is 69.4 cm³/mol. The van der Waals surface area contributed by atoms with Gasteiger partial charge in [0.2, 0.25) is 10.0 Å². The number of hydrogen-bond donors (Lipinski definition) is 1. The minimum absolute atomic E-state index is 0.344. The zero-order chi connectivity index (χ0) is 12.3. The summed E-state index contributed by atoms with van der Waals surface area (Å²) in [5, 5.41) is 3.50. The zero-order valence-electron chi connectivity index (χ0n) is 10.7. The Kier molecular flexibility index (Phi) is 4.44. The van der Waals surface area contributed by atoms with Crippen molar-refractivity contribution in [2.75, 3.05) is 25.4 Å². The van der Waals surface area contributed by atoms with Crippen molar-refractivity contribution in [1.29, 1.82) is 0 Å². The van der Waals surface area contributed by atoms with Gasteiger partial charge in [-0.15, -0.1) is 0 Å².